The standard InChI is InChI=1S/C25H36N2O7.C25H34N2O6/c1-4-13-34-25(31)26-21-16-23(33-14-9-5-6-10-18(2)29)22(32-3)15-20(21)24(30)27-12-8-7-11-19(27)17-28;1-4-13-33-25(31)27-21-16-22(32-14-9-5-6-10-18(3)28)17(2)15-19(21)23(29)26-12-8-7-11-20(26)24(27)30/h4,15-16,19,28H,1,5-14,17H2,2-3H3,(H,26,31);4,15-16,20,24,30H,1,5-14H2,2-3H3/t19-;20-,24-/m00/s1. The number of piperidine rings is 2. The molecule has 17 nitrogen and oxygen atoms in total. The zero-order valence-electron chi connectivity index (χ0n) is 39.7. The van der Waals surface area contributed by atoms with Crippen LogP contribution in [0.1, 0.15) is 130 Å². The van der Waals surface area contributed by atoms with Gasteiger partial charge in [-0.25, -0.2) is 14.5 Å². The Morgan fingerprint density at radius 3 is 2.04 bits per heavy atom. The number of nitrogens with zero attached hydrogens (tertiary/aromatic N) is 3. The topological polar surface area (TPSA) is 211 Å². The van der Waals surface area contributed by atoms with Gasteiger partial charge >= 0.3 is 12.2 Å². The maximum atomic E-state index is 13.4. The third kappa shape index (κ3) is 15.6. The Hall–Kier alpha value is -5.94. The third-order valence-electron chi connectivity index (χ3n) is 11.8. The Balaban J connectivity index is 0.000000293. The van der Waals surface area contributed by atoms with E-state index in [2.05, 4.69) is 18.5 Å². The fraction of sp³-hybridized carbons (Fsp3) is 0.560. The van der Waals surface area contributed by atoms with Gasteiger partial charge in [-0.3, -0.25) is 14.9 Å². The lowest BCUT2D eigenvalue weighted by molar-refractivity contribution is -0.118. The van der Waals surface area contributed by atoms with E-state index in [0.29, 0.717) is 74.8 Å². The maximum Gasteiger partial charge on any atom is 0.416 e. The fourth-order valence-corrected chi connectivity index (χ4v) is 8.27. The minimum atomic E-state index is -1.23. The Bertz CT molecular complexity index is 2040. The molecule has 0 unspecified atom stereocenters. The first kappa shape index (κ1) is 53.7. The second kappa shape index (κ2) is 27.6. The van der Waals surface area contributed by atoms with Gasteiger partial charge in [-0.05, 0) is 116 Å². The molecule has 2 fully saturated rings. The van der Waals surface area contributed by atoms with Gasteiger partial charge in [0.05, 0.1) is 61.5 Å². The number of hydrogen-bond donors (Lipinski definition) is 3. The van der Waals surface area contributed by atoms with Crippen molar-refractivity contribution in [2.45, 2.75) is 129 Å². The number of nitrogens with one attached hydrogen (secondary N) is 1. The molecule has 0 radical (unpaired) electrons. The Morgan fingerprint density at radius 1 is 0.791 bits per heavy atom. The molecule has 67 heavy (non-hydrogen) atoms. The molecule has 3 heterocycles. The summed E-state index contributed by atoms with van der Waals surface area (Å²) in [7, 11) is 1.48. The Kier molecular flexibility index (Phi) is 22.1. The van der Waals surface area contributed by atoms with Crippen molar-refractivity contribution in [3.05, 3.63) is 66.3 Å². The predicted octanol–water partition coefficient (Wildman–Crippen LogP) is 7.92. The number of aliphatic hydroxyl groups is 2. The number of fused-ring (bicyclic) bond motifs is 2. The van der Waals surface area contributed by atoms with E-state index in [1.807, 2.05) is 6.92 Å². The molecule has 5 rings (SSSR count). The van der Waals surface area contributed by atoms with E-state index in [0.717, 1.165) is 69.8 Å². The summed E-state index contributed by atoms with van der Waals surface area (Å²) in [6.07, 6.45) is 11.0. The highest BCUT2D eigenvalue weighted by atomic mass is 16.6. The maximum absolute atomic E-state index is 13.4. The summed E-state index contributed by atoms with van der Waals surface area (Å²) in [5.41, 5.74) is 1.86. The van der Waals surface area contributed by atoms with Crippen molar-refractivity contribution >= 4 is 46.9 Å². The van der Waals surface area contributed by atoms with E-state index in [-0.39, 0.29) is 66.2 Å². The number of carbonyl (C=O) groups is 6. The summed E-state index contributed by atoms with van der Waals surface area (Å²) in [5.74, 6) is 1.11. The number of anilines is 2. The minimum Gasteiger partial charge on any atom is -0.493 e. The summed E-state index contributed by atoms with van der Waals surface area (Å²) in [4.78, 5) is 78.7. The number of rotatable bonds is 22. The van der Waals surface area contributed by atoms with Crippen LogP contribution in [0, 0.1) is 6.92 Å². The number of methoxy groups -OCH3 is 1. The number of ketones is 2. The second-order valence-corrected chi connectivity index (χ2v) is 17.0. The van der Waals surface area contributed by atoms with Crippen molar-refractivity contribution in [2.24, 2.45) is 0 Å². The van der Waals surface area contributed by atoms with Crippen molar-refractivity contribution in [1.82, 2.24) is 9.80 Å². The number of amides is 4. The van der Waals surface area contributed by atoms with E-state index in [4.69, 9.17) is 23.7 Å². The number of aliphatic hydroxyl groups excluding tert-OH is 2. The number of benzene rings is 2. The van der Waals surface area contributed by atoms with E-state index in [1.54, 1.807) is 47.9 Å². The molecular formula is C50H70N4O13. The van der Waals surface area contributed by atoms with Crippen LogP contribution in [0.5, 0.6) is 17.2 Å². The first-order valence-corrected chi connectivity index (χ1v) is 23.4. The molecule has 4 amide bonds. The zero-order chi connectivity index (χ0) is 48.9. The highest BCUT2D eigenvalue weighted by Crippen LogP contribution is 2.39. The number of carbonyl (C=O) groups excluding carboxylic acids is 6. The summed E-state index contributed by atoms with van der Waals surface area (Å²) in [5, 5.41) is 23.6. The van der Waals surface area contributed by atoms with E-state index < -0.39 is 24.5 Å². The molecule has 3 aliphatic rings. The number of likely N-dealkylation sites (tertiary alicyclic amines) is 1. The zero-order valence-corrected chi connectivity index (χ0v) is 39.7. The summed E-state index contributed by atoms with van der Waals surface area (Å²) in [6, 6.07) is 5.68. The molecule has 0 aliphatic carbocycles. The van der Waals surface area contributed by atoms with Crippen LogP contribution in [-0.2, 0) is 19.1 Å². The molecule has 368 valence electrons. The quantitative estimate of drug-likeness (QED) is 0.0758. The van der Waals surface area contributed by atoms with Gasteiger partial charge < -0.3 is 53.3 Å². The molecular weight excluding hydrogens is 865 g/mol. The highest BCUT2D eigenvalue weighted by Gasteiger charge is 2.44. The van der Waals surface area contributed by atoms with Crippen LogP contribution in [0.25, 0.3) is 0 Å². The van der Waals surface area contributed by atoms with Crippen molar-refractivity contribution in [1.29, 1.82) is 0 Å². The monoisotopic (exact) mass is 934 g/mol. The minimum absolute atomic E-state index is 0.00477. The molecule has 0 aromatic heterocycles. The average Bonchev–Trinajstić information content (AvgIpc) is 3.40. The molecule has 17 heteroatoms. The molecule has 0 spiro atoms. The van der Waals surface area contributed by atoms with Crippen LogP contribution in [0.3, 0.4) is 0 Å². The summed E-state index contributed by atoms with van der Waals surface area (Å²) < 4.78 is 27.6. The normalized spacial score (nSPS) is 17.6. The van der Waals surface area contributed by atoms with Gasteiger partial charge in [0.15, 0.2) is 17.7 Å². The van der Waals surface area contributed by atoms with Crippen LogP contribution in [0.15, 0.2) is 49.6 Å². The summed E-state index contributed by atoms with van der Waals surface area (Å²) >= 11 is 0. The number of aryl methyl sites for hydroxylation is 1. The molecule has 0 saturated carbocycles. The molecule has 3 atom stereocenters. The average molecular weight is 935 g/mol. The Morgan fingerprint density at radius 2 is 1.42 bits per heavy atom. The highest BCUT2D eigenvalue weighted by molar-refractivity contribution is 6.06. The first-order chi connectivity index (χ1) is 32.3. The number of hydrogen-bond acceptors (Lipinski definition) is 13. The van der Waals surface area contributed by atoms with E-state index in [9.17, 15) is 39.0 Å². The lowest BCUT2D eigenvalue weighted by Gasteiger charge is -2.38. The van der Waals surface area contributed by atoms with Gasteiger partial charge in [0.1, 0.15) is 30.5 Å². The number of ether oxygens (including phenoxy) is 5. The van der Waals surface area contributed by atoms with Crippen molar-refractivity contribution in [3.63, 3.8) is 0 Å². The van der Waals surface area contributed by atoms with Gasteiger partial charge in [-0.15, -0.1) is 0 Å². The Labute approximate surface area is 394 Å². The van der Waals surface area contributed by atoms with Crippen molar-refractivity contribution in [2.75, 3.05) is 63.5 Å². The predicted molar refractivity (Wildman–Crippen MR) is 253 cm³/mol. The van der Waals surface area contributed by atoms with Gasteiger partial charge in [0.25, 0.3) is 11.8 Å². The number of Topliss-reactive ketones (excluding diaryl/α,β-unsaturated/α-hetero) is 2. The molecule has 0 bridgehead atoms. The lowest BCUT2D eigenvalue weighted by atomic mass is 10.00. The first-order valence-electron chi connectivity index (χ1n) is 23.4. The van der Waals surface area contributed by atoms with E-state index >= 15 is 0 Å². The summed E-state index contributed by atoms with van der Waals surface area (Å²) in [6.45, 7) is 13.9. The van der Waals surface area contributed by atoms with Crippen molar-refractivity contribution in [3.8, 4) is 17.2 Å². The van der Waals surface area contributed by atoms with Crippen LogP contribution < -0.4 is 24.4 Å². The third-order valence-corrected chi connectivity index (χ3v) is 11.8. The largest absolute Gasteiger partial charge is 0.493 e. The van der Waals surface area contributed by atoms with E-state index in [1.165, 1.54) is 24.2 Å². The molecule has 3 N–H and O–H groups in total. The van der Waals surface area contributed by atoms with Gasteiger partial charge in [-0.1, -0.05) is 25.3 Å². The van der Waals surface area contributed by atoms with Crippen LogP contribution in [0.2, 0.25) is 0 Å². The molecule has 2 aromatic rings. The van der Waals surface area contributed by atoms with Gasteiger partial charge in [0, 0.05) is 38.1 Å². The fourth-order valence-electron chi connectivity index (χ4n) is 8.27. The second-order valence-electron chi connectivity index (χ2n) is 17.0. The number of unbranched alkanes of at least 4 members (excludes halogenated alkanes) is 4. The van der Waals surface area contributed by atoms with Gasteiger partial charge in [-0.2, -0.15) is 0 Å². The molecule has 2 aromatic carbocycles. The molecule has 3 aliphatic heterocycles. The smallest absolute Gasteiger partial charge is 0.416 e. The van der Waals surface area contributed by atoms with Crippen LogP contribution in [0.4, 0.5) is 21.0 Å². The SMILES string of the molecule is C=CCOC(=O)N1c2cc(OCCCCCC(C)=O)c(C)cc2C(=O)N2CCCC[C@H]2[C@@H]1O.C=CCOC(=O)Nc1cc(OCCCCCC(C)=O)c(OC)cc1C(=O)N1CCCC[C@H]1CO. The van der Waals surface area contributed by atoms with Crippen LogP contribution >= 0.6 is 0 Å². The van der Waals surface area contributed by atoms with Crippen LogP contribution in [-0.4, -0.2) is 127 Å². The van der Waals surface area contributed by atoms with Crippen molar-refractivity contribution < 1.29 is 62.7 Å². The molecule has 2 saturated heterocycles. The lowest BCUT2D eigenvalue weighted by Crippen LogP contribution is -2.55. The van der Waals surface area contributed by atoms with Gasteiger partial charge in [0.2, 0.25) is 0 Å².